The van der Waals surface area contributed by atoms with Crippen molar-refractivity contribution in [1.82, 2.24) is 4.31 Å². The van der Waals surface area contributed by atoms with Crippen molar-refractivity contribution in [3.8, 4) is 5.75 Å². The number of ether oxygens (including phenoxy) is 1. The van der Waals surface area contributed by atoms with Gasteiger partial charge in [0.05, 0.1) is 4.90 Å². The summed E-state index contributed by atoms with van der Waals surface area (Å²) in [6, 6.07) is 10.1. The Labute approximate surface area is 166 Å². The largest absolute Gasteiger partial charge is 0.573 e. The van der Waals surface area contributed by atoms with Crippen LogP contribution in [0.1, 0.15) is 18.4 Å². The van der Waals surface area contributed by atoms with E-state index in [4.69, 9.17) is 0 Å². The molecule has 0 unspecified atom stereocenters. The Bertz CT molecular complexity index is 974. The number of alkyl halides is 3. The molecular formula is C19H19F3N2O4S. The van der Waals surface area contributed by atoms with E-state index in [9.17, 15) is 26.4 Å². The summed E-state index contributed by atoms with van der Waals surface area (Å²) in [5, 5.41) is 2.55. The number of hydrogen-bond acceptors (Lipinski definition) is 4. The van der Waals surface area contributed by atoms with Crippen molar-refractivity contribution >= 4 is 21.6 Å². The number of carbonyl (C=O) groups excluding carboxylic acids is 1. The number of sulfonamides is 1. The van der Waals surface area contributed by atoms with Gasteiger partial charge in [-0.15, -0.1) is 13.2 Å². The SMILES string of the molecule is Cc1ccc(S(=O)(=O)N2CCC[C@@H]2C(=O)Nc2ccc(OC(F)(F)F)cc2)cc1. The van der Waals surface area contributed by atoms with E-state index in [1.54, 1.807) is 12.1 Å². The van der Waals surface area contributed by atoms with Crippen molar-refractivity contribution in [2.75, 3.05) is 11.9 Å². The van der Waals surface area contributed by atoms with Gasteiger partial charge in [-0.25, -0.2) is 8.42 Å². The van der Waals surface area contributed by atoms with E-state index in [-0.39, 0.29) is 17.1 Å². The number of carbonyl (C=O) groups is 1. The highest BCUT2D eigenvalue weighted by Crippen LogP contribution is 2.28. The summed E-state index contributed by atoms with van der Waals surface area (Å²) in [6.45, 7) is 2.06. The van der Waals surface area contributed by atoms with Crippen molar-refractivity contribution in [2.45, 2.75) is 37.1 Å². The van der Waals surface area contributed by atoms with Crippen LogP contribution in [0.15, 0.2) is 53.4 Å². The predicted molar refractivity (Wildman–Crippen MR) is 99.8 cm³/mol. The molecule has 1 amide bonds. The number of rotatable bonds is 5. The molecule has 1 atom stereocenters. The molecule has 29 heavy (non-hydrogen) atoms. The fourth-order valence-electron chi connectivity index (χ4n) is 3.10. The van der Waals surface area contributed by atoms with Gasteiger partial charge in [-0.05, 0) is 56.2 Å². The second kappa shape index (κ2) is 8.03. The second-order valence-electron chi connectivity index (χ2n) is 6.65. The maximum atomic E-state index is 12.9. The van der Waals surface area contributed by atoms with Crippen molar-refractivity contribution < 1.29 is 31.1 Å². The predicted octanol–water partition coefficient (Wildman–Crippen LogP) is 3.69. The minimum absolute atomic E-state index is 0.108. The van der Waals surface area contributed by atoms with E-state index in [2.05, 4.69) is 10.1 Å². The molecule has 0 saturated carbocycles. The lowest BCUT2D eigenvalue weighted by molar-refractivity contribution is -0.274. The van der Waals surface area contributed by atoms with Crippen LogP contribution >= 0.6 is 0 Å². The number of nitrogens with one attached hydrogen (secondary N) is 1. The van der Waals surface area contributed by atoms with Gasteiger partial charge in [0.1, 0.15) is 11.8 Å². The molecule has 0 bridgehead atoms. The molecule has 1 aliphatic heterocycles. The molecule has 1 fully saturated rings. The number of anilines is 1. The lowest BCUT2D eigenvalue weighted by Gasteiger charge is -2.23. The third kappa shape index (κ3) is 5.07. The molecule has 10 heteroatoms. The van der Waals surface area contributed by atoms with Gasteiger partial charge in [-0.2, -0.15) is 4.31 Å². The summed E-state index contributed by atoms with van der Waals surface area (Å²) >= 11 is 0. The van der Waals surface area contributed by atoms with Gasteiger partial charge in [-0.3, -0.25) is 4.79 Å². The first-order valence-corrected chi connectivity index (χ1v) is 10.3. The average Bonchev–Trinajstić information content (AvgIpc) is 3.13. The zero-order chi connectivity index (χ0) is 21.2. The van der Waals surface area contributed by atoms with Crippen LogP contribution in [0.2, 0.25) is 0 Å². The monoisotopic (exact) mass is 428 g/mol. The molecule has 3 rings (SSSR count). The first kappa shape index (κ1) is 21.1. The van der Waals surface area contributed by atoms with E-state index in [0.29, 0.717) is 12.8 Å². The van der Waals surface area contributed by atoms with Crippen molar-refractivity contribution in [1.29, 1.82) is 0 Å². The van der Waals surface area contributed by atoms with E-state index < -0.39 is 34.1 Å². The van der Waals surface area contributed by atoms with Gasteiger partial charge in [0, 0.05) is 12.2 Å². The molecule has 0 aliphatic carbocycles. The Morgan fingerprint density at radius 3 is 2.31 bits per heavy atom. The molecule has 1 heterocycles. The summed E-state index contributed by atoms with van der Waals surface area (Å²) in [5.74, 6) is -0.956. The minimum Gasteiger partial charge on any atom is -0.406 e. The maximum Gasteiger partial charge on any atom is 0.573 e. The lowest BCUT2D eigenvalue weighted by Crippen LogP contribution is -2.43. The van der Waals surface area contributed by atoms with Gasteiger partial charge < -0.3 is 10.1 Å². The first-order valence-electron chi connectivity index (χ1n) is 8.81. The van der Waals surface area contributed by atoms with Crippen LogP contribution in [0.25, 0.3) is 0 Å². The van der Waals surface area contributed by atoms with E-state index in [0.717, 1.165) is 22.0 Å². The van der Waals surface area contributed by atoms with Crippen molar-refractivity contribution in [3.05, 3.63) is 54.1 Å². The molecule has 2 aromatic rings. The minimum atomic E-state index is -4.81. The Hall–Kier alpha value is -2.59. The standard InChI is InChI=1S/C19H19F3N2O4S/c1-13-4-10-16(11-5-13)29(26,27)24-12-2-3-17(24)18(25)23-14-6-8-15(9-7-14)28-19(20,21)22/h4-11,17H,2-3,12H2,1H3,(H,23,25)/t17-/m1/s1. The number of amides is 1. The molecule has 156 valence electrons. The van der Waals surface area contributed by atoms with Crippen LogP contribution in [0.4, 0.5) is 18.9 Å². The summed E-state index contributed by atoms with van der Waals surface area (Å²) in [7, 11) is -3.84. The van der Waals surface area contributed by atoms with Crippen LogP contribution in [0, 0.1) is 6.92 Å². The zero-order valence-corrected chi connectivity index (χ0v) is 16.3. The second-order valence-corrected chi connectivity index (χ2v) is 8.54. The molecule has 1 aliphatic rings. The number of halogens is 3. The number of benzene rings is 2. The molecule has 0 aromatic heterocycles. The molecule has 2 aromatic carbocycles. The zero-order valence-electron chi connectivity index (χ0n) is 15.4. The highest BCUT2D eigenvalue weighted by atomic mass is 32.2. The van der Waals surface area contributed by atoms with Crippen molar-refractivity contribution in [3.63, 3.8) is 0 Å². The molecule has 6 nitrogen and oxygen atoms in total. The molecular weight excluding hydrogens is 409 g/mol. The fraction of sp³-hybridized carbons (Fsp3) is 0.316. The van der Waals surface area contributed by atoms with E-state index in [1.807, 2.05) is 6.92 Å². The maximum absolute atomic E-state index is 12.9. The summed E-state index contributed by atoms with van der Waals surface area (Å²) < 4.78 is 67.4. The third-order valence-electron chi connectivity index (χ3n) is 4.49. The van der Waals surface area contributed by atoms with Gasteiger partial charge in [0.2, 0.25) is 15.9 Å². The van der Waals surface area contributed by atoms with Crippen LogP contribution in [0.3, 0.4) is 0 Å². The Morgan fingerprint density at radius 1 is 1.10 bits per heavy atom. The van der Waals surface area contributed by atoms with Gasteiger partial charge in [0.15, 0.2) is 0 Å². The van der Waals surface area contributed by atoms with Crippen molar-refractivity contribution in [2.24, 2.45) is 0 Å². The van der Waals surface area contributed by atoms with Crippen LogP contribution < -0.4 is 10.1 Å². The normalized spacial score (nSPS) is 17.9. The third-order valence-corrected chi connectivity index (χ3v) is 6.41. The number of hydrogen-bond donors (Lipinski definition) is 1. The number of nitrogens with zero attached hydrogens (tertiary/aromatic N) is 1. The van der Waals surface area contributed by atoms with Crippen LogP contribution in [-0.2, 0) is 14.8 Å². The smallest absolute Gasteiger partial charge is 0.406 e. The van der Waals surface area contributed by atoms with Crippen LogP contribution in [0.5, 0.6) is 5.75 Å². The topological polar surface area (TPSA) is 75.7 Å². The van der Waals surface area contributed by atoms with E-state index >= 15 is 0 Å². The quantitative estimate of drug-likeness (QED) is 0.788. The van der Waals surface area contributed by atoms with Gasteiger partial charge in [-0.1, -0.05) is 17.7 Å². The Balaban J connectivity index is 1.72. The van der Waals surface area contributed by atoms with Gasteiger partial charge in [0.25, 0.3) is 0 Å². The summed E-state index contributed by atoms with van der Waals surface area (Å²) in [6.07, 6.45) is -3.92. The fourth-order valence-corrected chi connectivity index (χ4v) is 4.76. The highest BCUT2D eigenvalue weighted by Gasteiger charge is 2.39. The number of aryl methyl sites for hydroxylation is 1. The van der Waals surface area contributed by atoms with Crippen LogP contribution in [-0.4, -0.2) is 37.6 Å². The molecule has 0 radical (unpaired) electrons. The van der Waals surface area contributed by atoms with E-state index in [1.165, 1.54) is 24.3 Å². The lowest BCUT2D eigenvalue weighted by atomic mass is 10.2. The average molecular weight is 428 g/mol. The Kier molecular flexibility index (Phi) is 5.85. The first-order chi connectivity index (χ1) is 13.6. The Morgan fingerprint density at radius 2 is 1.72 bits per heavy atom. The highest BCUT2D eigenvalue weighted by molar-refractivity contribution is 7.89. The molecule has 1 N–H and O–H groups in total. The summed E-state index contributed by atoms with van der Waals surface area (Å²) in [5.41, 5.74) is 1.15. The summed E-state index contributed by atoms with van der Waals surface area (Å²) in [4.78, 5) is 12.8. The molecule has 0 spiro atoms. The van der Waals surface area contributed by atoms with Gasteiger partial charge >= 0.3 is 6.36 Å². The molecule has 1 saturated heterocycles.